The lowest BCUT2D eigenvalue weighted by Gasteiger charge is -2.21. The quantitative estimate of drug-likeness (QED) is 0.741. The Morgan fingerprint density at radius 1 is 1.40 bits per heavy atom. The van der Waals surface area contributed by atoms with Crippen molar-refractivity contribution in [2.24, 2.45) is 0 Å². The Morgan fingerprint density at radius 3 is 2.76 bits per heavy atom. The van der Waals surface area contributed by atoms with Gasteiger partial charge in [0.1, 0.15) is 5.54 Å². The number of rotatable bonds is 7. The molecule has 8 nitrogen and oxygen atoms in total. The molecular weight excluding hydrogens is 324 g/mol. The van der Waals surface area contributed by atoms with E-state index < -0.39 is 24.0 Å². The molecule has 0 aromatic carbocycles. The minimum atomic E-state index is -0.852. The zero-order valence-corrected chi connectivity index (χ0v) is 14.3. The number of aromatic nitrogens is 2. The molecule has 2 rings (SSSR count). The predicted octanol–water partition coefficient (Wildman–Crippen LogP) is 1.15. The number of hydrogen-bond donors (Lipinski definition) is 1. The van der Waals surface area contributed by atoms with E-state index in [4.69, 9.17) is 4.74 Å². The van der Waals surface area contributed by atoms with Crippen LogP contribution >= 0.6 is 0 Å². The lowest BCUT2D eigenvalue weighted by molar-refractivity contribution is -0.125. The van der Waals surface area contributed by atoms with Crippen molar-refractivity contribution in [2.45, 2.75) is 57.5 Å². The van der Waals surface area contributed by atoms with Crippen LogP contribution in [0.2, 0.25) is 0 Å². The van der Waals surface area contributed by atoms with E-state index in [2.05, 4.69) is 16.5 Å². The van der Waals surface area contributed by atoms with Gasteiger partial charge in [-0.2, -0.15) is 10.4 Å². The highest BCUT2D eigenvalue weighted by molar-refractivity contribution is 5.89. The number of carbonyl (C=O) groups is 2. The fourth-order valence-corrected chi connectivity index (χ4v) is 2.78. The molecule has 1 saturated carbocycles. The number of ether oxygens (including phenoxy) is 1. The molecule has 0 spiro atoms. The molecule has 1 aliphatic carbocycles. The highest BCUT2D eigenvalue weighted by Crippen LogP contribution is 2.28. The number of carbonyl (C=O) groups excluding carboxylic acids is 2. The Labute approximate surface area is 145 Å². The second-order valence-corrected chi connectivity index (χ2v) is 6.16. The highest BCUT2D eigenvalue weighted by Gasteiger charge is 2.35. The van der Waals surface area contributed by atoms with E-state index in [1.165, 1.54) is 16.8 Å². The smallest absolute Gasteiger partial charge is 0.359 e. The van der Waals surface area contributed by atoms with E-state index in [0.29, 0.717) is 19.4 Å². The first kappa shape index (κ1) is 18.6. The van der Waals surface area contributed by atoms with Gasteiger partial charge in [0.15, 0.2) is 12.3 Å². The summed E-state index contributed by atoms with van der Waals surface area (Å²) in [5, 5.41) is 15.8. The number of nitrogens with zero attached hydrogens (tertiary/aromatic N) is 3. The molecule has 1 aliphatic rings. The van der Waals surface area contributed by atoms with Gasteiger partial charge in [-0.3, -0.25) is 9.59 Å². The Bertz CT molecular complexity index is 729. The molecule has 1 aromatic heterocycles. The van der Waals surface area contributed by atoms with Crippen LogP contribution in [0, 0.1) is 11.3 Å². The molecule has 8 heteroatoms. The predicted molar refractivity (Wildman–Crippen MR) is 88.6 cm³/mol. The molecular formula is C17H22N4O4. The number of nitriles is 1. The van der Waals surface area contributed by atoms with Gasteiger partial charge >= 0.3 is 5.97 Å². The van der Waals surface area contributed by atoms with Gasteiger partial charge in [0.05, 0.1) is 6.07 Å². The minimum Gasteiger partial charge on any atom is -0.451 e. The van der Waals surface area contributed by atoms with Crippen molar-refractivity contribution in [1.82, 2.24) is 15.1 Å². The summed E-state index contributed by atoms with van der Waals surface area (Å²) >= 11 is 0. The summed E-state index contributed by atoms with van der Waals surface area (Å²) in [6, 6.07) is 4.67. The third-order valence-electron chi connectivity index (χ3n) is 4.18. The summed E-state index contributed by atoms with van der Waals surface area (Å²) < 4.78 is 6.16. The van der Waals surface area contributed by atoms with E-state index in [-0.39, 0.29) is 11.3 Å². The lowest BCUT2D eigenvalue weighted by Crippen LogP contribution is -2.46. The normalized spacial score (nSPS) is 15.4. The van der Waals surface area contributed by atoms with E-state index in [0.717, 1.165) is 25.7 Å². The van der Waals surface area contributed by atoms with Gasteiger partial charge in [0, 0.05) is 12.6 Å². The second kappa shape index (κ2) is 8.42. The Balaban J connectivity index is 1.92. The highest BCUT2D eigenvalue weighted by atomic mass is 16.5. The number of amides is 1. The van der Waals surface area contributed by atoms with Crippen LogP contribution in [0.1, 0.15) is 55.9 Å². The first-order valence-corrected chi connectivity index (χ1v) is 8.47. The van der Waals surface area contributed by atoms with Gasteiger partial charge in [-0.1, -0.05) is 13.3 Å². The number of aryl methyl sites for hydroxylation is 1. The van der Waals surface area contributed by atoms with Crippen LogP contribution in [0.3, 0.4) is 0 Å². The maximum absolute atomic E-state index is 12.0. The first-order valence-electron chi connectivity index (χ1n) is 8.47. The Hall–Kier alpha value is -2.69. The van der Waals surface area contributed by atoms with E-state index >= 15 is 0 Å². The van der Waals surface area contributed by atoms with E-state index in [1.807, 2.05) is 6.92 Å². The van der Waals surface area contributed by atoms with Crippen LogP contribution in [-0.4, -0.2) is 33.8 Å². The van der Waals surface area contributed by atoms with Crippen LogP contribution < -0.4 is 10.9 Å². The Kier molecular flexibility index (Phi) is 6.28. The van der Waals surface area contributed by atoms with Gasteiger partial charge in [0.25, 0.3) is 11.5 Å². The van der Waals surface area contributed by atoms with Crippen molar-refractivity contribution in [3.8, 4) is 6.07 Å². The summed E-state index contributed by atoms with van der Waals surface area (Å²) in [5.74, 6) is -1.30. The van der Waals surface area contributed by atoms with Crippen molar-refractivity contribution in [2.75, 3.05) is 6.61 Å². The van der Waals surface area contributed by atoms with Gasteiger partial charge in [-0.25, -0.2) is 9.48 Å². The van der Waals surface area contributed by atoms with Crippen LogP contribution in [-0.2, 0) is 16.1 Å². The standard InChI is InChI=1S/C17H22N4O4/c1-2-3-10-21-15(23)7-6-13(20-21)16(24)25-11-14(22)19-17(12-18)8-4-5-9-17/h6-7H,2-5,8-11H2,1H3,(H,19,22). The maximum atomic E-state index is 12.0. The maximum Gasteiger partial charge on any atom is 0.359 e. The van der Waals surface area contributed by atoms with Crippen LogP contribution in [0.5, 0.6) is 0 Å². The second-order valence-electron chi connectivity index (χ2n) is 6.16. The fourth-order valence-electron chi connectivity index (χ4n) is 2.78. The molecule has 1 fully saturated rings. The Morgan fingerprint density at radius 2 is 2.12 bits per heavy atom. The summed E-state index contributed by atoms with van der Waals surface area (Å²) in [7, 11) is 0. The number of esters is 1. The van der Waals surface area contributed by atoms with Gasteiger partial charge in [0.2, 0.25) is 0 Å². The summed E-state index contributed by atoms with van der Waals surface area (Å²) in [6.45, 7) is 1.92. The van der Waals surface area contributed by atoms with Crippen LogP contribution in [0.15, 0.2) is 16.9 Å². The molecule has 1 heterocycles. The molecule has 0 saturated heterocycles. The molecule has 0 bridgehead atoms. The van der Waals surface area contributed by atoms with Crippen LogP contribution in [0.25, 0.3) is 0 Å². The average molecular weight is 346 g/mol. The molecule has 1 N–H and O–H groups in total. The molecule has 0 radical (unpaired) electrons. The topological polar surface area (TPSA) is 114 Å². The van der Waals surface area contributed by atoms with Crippen molar-refractivity contribution in [3.05, 3.63) is 28.2 Å². The average Bonchev–Trinajstić information content (AvgIpc) is 3.08. The molecule has 0 atom stereocenters. The SMILES string of the molecule is CCCCn1nc(C(=O)OCC(=O)NC2(C#N)CCCC2)ccc1=O. The summed E-state index contributed by atoms with van der Waals surface area (Å²) in [5.41, 5.74) is -1.17. The number of nitrogens with one attached hydrogen (secondary N) is 1. The zero-order chi connectivity index (χ0) is 18.3. The third-order valence-corrected chi connectivity index (χ3v) is 4.18. The molecule has 1 amide bonds. The van der Waals surface area contributed by atoms with Crippen molar-refractivity contribution in [1.29, 1.82) is 5.26 Å². The molecule has 134 valence electrons. The summed E-state index contributed by atoms with van der Waals surface area (Å²) in [4.78, 5) is 35.7. The van der Waals surface area contributed by atoms with Gasteiger partial charge < -0.3 is 10.1 Å². The fraction of sp³-hybridized carbons (Fsp3) is 0.588. The molecule has 0 unspecified atom stereocenters. The van der Waals surface area contributed by atoms with Crippen molar-refractivity contribution < 1.29 is 14.3 Å². The monoisotopic (exact) mass is 346 g/mol. The van der Waals surface area contributed by atoms with E-state index in [1.54, 1.807) is 0 Å². The zero-order valence-electron chi connectivity index (χ0n) is 14.3. The van der Waals surface area contributed by atoms with Crippen molar-refractivity contribution >= 4 is 11.9 Å². The molecule has 0 aliphatic heterocycles. The molecule has 25 heavy (non-hydrogen) atoms. The van der Waals surface area contributed by atoms with Gasteiger partial charge in [-0.05, 0) is 38.2 Å². The van der Waals surface area contributed by atoms with Crippen LogP contribution in [0.4, 0.5) is 0 Å². The van der Waals surface area contributed by atoms with E-state index in [9.17, 15) is 19.6 Å². The largest absolute Gasteiger partial charge is 0.451 e. The minimum absolute atomic E-state index is 0.0284. The summed E-state index contributed by atoms with van der Waals surface area (Å²) in [6.07, 6.45) is 4.64. The van der Waals surface area contributed by atoms with Gasteiger partial charge in [-0.15, -0.1) is 0 Å². The first-order chi connectivity index (χ1) is 12.0. The third kappa shape index (κ3) is 4.89. The molecule has 1 aromatic rings. The lowest BCUT2D eigenvalue weighted by atomic mass is 10.00. The number of unbranched alkanes of at least 4 members (excludes halogenated alkanes) is 1. The number of hydrogen-bond acceptors (Lipinski definition) is 6. The van der Waals surface area contributed by atoms with Crippen molar-refractivity contribution in [3.63, 3.8) is 0 Å².